The maximum atomic E-state index is 13.1. The van der Waals surface area contributed by atoms with Gasteiger partial charge in [0.05, 0.1) is 11.7 Å². The van der Waals surface area contributed by atoms with E-state index in [1.165, 1.54) is 16.7 Å². The minimum Gasteiger partial charge on any atom is -0.479 e. The zero-order valence-corrected chi connectivity index (χ0v) is 17.4. The minimum absolute atomic E-state index is 0.0937. The van der Waals surface area contributed by atoms with Gasteiger partial charge in [0.25, 0.3) is 5.91 Å². The van der Waals surface area contributed by atoms with Gasteiger partial charge in [0, 0.05) is 19.5 Å². The van der Waals surface area contributed by atoms with Crippen LogP contribution in [-0.4, -0.2) is 35.9 Å². The highest BCUT2D eigenvalue weighted by molar-refractivity contribution is 6.00. The Balaban J connectivity index is 1.49. The van der Waals surface area contributed by atoms with Crippen molar-refractivity contribution in [2.45, 2.75) is 52.2 Å². The summed E-state index contributed by atoms with van der Waals surface area (Å²) in [6.45, 7) is 7.10. The van der Waals surface area contributed by atoms with Crippen molar-refractivity contribution in [2.24, 2.45) is 0 Å². The van der Waals surface area contributed by atoms with E-state index in [0.717, 1.165) is 25.1 Å². The molecule has 4 rings (SSSR count). The molecule has 0 N–H and O–H groups in total. The lowest BCUT2D eigenvalue weighted by Gasteiger charge is -2.33. The Morgan fingerprint density at radius 1 is 1.14 bits per heavy atom. The molecule has 0 saturated carbocycles. The smallest absolute Gasteiger partial charge is 0.267 e. The van der Waals surface area contributed by atoms with Crippen LogP contribution in [0.15, 0.2) is 42.5 Å². The summed E-state index contributed by atoms with van der Waals surface area (Å²) in [6.07, 6.45) is 1.79. The summed E-state index contributed by atoms with van der Waals surface area (Å²) in [5, 5.41) is 0. The lowest BCUT2D eigenvalue weighted by Crippen LogP contribution is -2.46. The minimum atomic E-state index is -0.533. The zero-order valence-electron chi connectivity index (χ0n) is 17.4. The molecule has 5 nitrogen and oxygen atoms in total. The van der Waals surface area contributed by atoms with Gasteiger partial charge in [0.2, 0.25) is 5.91 Å². The lowest BCUT2D eigenvalue weighted by molar-refractivity contribution is -0.132. The molecule has 2 aromatic carbocycles. The number of nitrogens with zero attached hydrogens (tertiary/aromatic N) is 2. The van der Waals surface area contributed by atoms with Crippen molar-refractivity contribution < 1.29 is 14.3 Å². The monoisotopic (exact) mass is 392 g/mol. The van der Waals surface area contributed by atoms with Crippen LogP contribution in [-0.2, 0) is 9.59 Å². The molecule has 0 spiro atoms. The topological polar surface area (TPSA) is 49.9 Å². The Hall–Kier alpha value is -2.82. The van der Waals surface area contributed by atoms with E-state index in [2.05, 4.69) is 32.0 Å². The van der Waals surface area contributed by atoms with E-state index in [9.17, 15) is 9.59 Å². The quantitative estimate of drug-likeness (QED) is 0.785. The summed E-state index contributed by atoms with van der Waals surface area (Å²) < 4.78 is 5.69. The van der Waals surface area contributed by atoms with Crippen molar-refractivity contribution in [3.8, 4) is 5.75 Å². The number of carbonyl (C=O) groups is 2. The van der Waals surface area contributed by atoms with Gasteiger partial charge in [-0.15, -0.1) is 0 Å². The maximum Gasteiger partial charge on any atom is 0.267 e. The third kappa shape index (κ3) is 3.86. The van der Waals surface area contributed by atoms with Gasteiger partial charge in [0.1, 0.15) is 5.75 Å². The molecule has 0 radical (unpaired) electrons. The van der Waals surface area contributed by atoms with E-state index >= 15 is 0 Å². The second-order valence-electron chi connectivity index (χ2n) is 8.13. The van der Waals surface area contributed by atoms with E-state index in [1.54, 1.807) is 11.8 Å². The Morgan fingerprint density at radius 3 is 2.62 bits per heavy atom. The summed E-state index contributed by atoms with van der Waals surface area (Å²) in [5.74, 6) is 0.709. The Bertz CT molecular complexity index is 919. The highest BCUT2D eigenvalue weighted by atomic mass is 16.5. The van der Waals surface area contributed by atoms with E-state index in [-0.39, 0.29) is 17.9 Å². The first-order valence-corrected chi connectivity index (χ1v) is 10.4. The van der Waals surface area contributed by atoms with Crippen molar-refractivity contribution in [1.82, 2.24) is 4.90 Å². The number of amides is 2. The van der Waals surface area contributed by atoms with Crippen molar-refractivity contribution >= 4 is 17.5 Å². The predicted octanol–water partition coefficient (Wildman–Crippen LogP) is 4.17. The molecule has 2 atom stereocenters. The van der Waals surface area contributed by atoms with Crippen LogP contribution >= 0.6 is 0 Å². The van der Waals surface area contributed by atoms with Gasteiger partial charge in [-0.05, 0) is 51.3 Å². The van der Waals surface area contributed by atoms with E-state index in [0.29, 0.717) is 18.7 Å². The number of anilines is 1. The number of ether oxygens (including phenoxy) is 1. The van der Waals surface area contributed by atoms with Crippen LogP contribution in [0.1, 0.15) is 48.9 Å². The van der Waals surface area contributed by atoms with Crippen LogP contribution < -0.4 is 9.64 Å². The van der Waals surface area contributed by atoms with Crippen LogP contribution in [0, 0.1) is 13.8 Å². The SMILES string of the molecule is Cc1cc(C)cc(C2CCCN2C(=O)CCN2C(=O)C(C)Oc3ccccc32)c1. The molecule has 2 aliphatic heterocycles. The third-order valence-corrected chi connectivity index (χ3v) is 5.82. The standard InChI is InChI=1S/C24H28N2O3/c1-16-13-17(2)15-19(14-16)20-8-6-11-25(20)23(27)10-12-26-21-7-4-5-9-22(21)29-18(3)24(26)28/h4-5,7,9,13-15,18,20H,6,8,10-12H2,1-3H3. The fourth-order valence-corrected chi connectivity index (χ4v) is 4.55. The average molecular weight is 392 g/mol. The molecule has 1 fully saturated rings. The second kappa shape index (κ2) is 7.90. The van der Waals surface area contributed by atoms with E-state index in [4.69, 9.17) is 4.74 Å². The summed E-state index contributed by atoms with van der Waals surface area (Å²) in [7, 11) is 0. The number of rotatable bonds is 4. The van der Waals surface area contributed by atoms with Crippen molar-refractivity contribution in [3.63, 3.8) is 0 Å². The molecule has 2 amide bonds. The van der Waals surface area contributed by atoms with Crippen LogP contribution in [0.25, 0.3) is 0 Å². The van der Waals surface area contributed by atoms with Gasteiger partial charge >= 0.3 is 0 Å². The highest BCUT2D eigenvalue weighted by Crippen LogP contribution is 2.35. The summed E-state index contributed by atoms with van der Waals surface area (Å²) in [6, 6.07) is 14.2. The lowest BCUT2D eigenvalue weighted by atomic mass is 9.99. The molecule has 2 unspecified atom stereocenters. The molecule has 2 aromatic rings. The predicted molar refractivity (Wildman–Crippen MR) is 113 cm³/mol. The number of likely N-dealkylation sites (tertiary alicyclic amines) is 1. The van der Waals surface area contributed by atoms with Crippen molar-refractivity contribution in [2.75, 3.05) is 18.0 Å². The van der Waals surface area contributed by atoms with Gasteiger partial charge in [-0.3, -0.25) is 9.59 Å². The van der Waals surface area contributed by atoms with Crippen LogP contribution in [0.2, 0.25) is 0 Å². The fraction of sp³-hybridized carbons (Fsp3) is 0.417. The van der Waals surface area contributed by atoms with Gasteiger partial charge < -0.3 is 14.5 Å². The summed E-state index contributed by atoms with van der Waals surface area (Å²) in [4.78, 5) is 29.4. The van der Waals surface area contributed by atoms with E-state index in [1.807, 2.05) is 29.2 Å². The van der Waals surface area contributed by atoms with Gasteiger partial charge in [-0.25, -0.2) is 0 Å². The third-order valence-electron chi connectivity index (χ3n) is 5.82. The highest BCUT2D eigenvalue weighted by Gasteiger charge is 2.34. The molecule has 2 aliphatic rings. The summed E-state index contributed by atoms with van der Waals surface area (Å²) in [5.41, 5.74) is 4.41. The molecule has 0 bridgehead atoms. The van der Waals surface area contributed by atoms with Gasteiger partial charge in [-0.1, -0.05) is 41.5 Å². The van der Waals surface area contributed by atoms with Crippen LogP contribution in [0.5, 0.6) is 5.75 Å². The second-order valence-corrected chi connectivity index (χ2v) is 8.13. The number of hydrogen-bond acceptors (Lipinski definition) is 3. The Morgan fingerprint density at radius 2 is 1.86 bits per heavy atom. The average Bonchev–Trinajstić information content (AvgIpc) is 3.17. The molecule has 5 heteroatoms. The molecule has 0 aromatic heterocycles. The number of carbonyl (C=O) groups excluding carboxylic acids is 2. The first-order valence-electron chi connectivity index (χ1n) is 10.4. The van der Waals surface area contributed by atoms with Crippen molar-refractivity contribution in [1.29, 1.82) is 0 Å². The van der Waals surface area contributed by atoms with E-state index < -0.39 is 6.10 Å². The van der Waals surface area contributed by atoms with Crippen molar-refractivity contribution in [3.05, 3.63) is 59.2 Å². The Kier molecular flexibility index (Phi) is 5.31. The number of aryl methyl sites for hydroxylation is 2. The molecule has 152 valence electrons. The van der Waals surface area contributed by atoms with Crippen LogP contribution in [0.3, 0.4) is 0 Å². The fourth-order valence-electron chi connectivity index (χ4n) is 4.55. The largest absolute Gasteiger partial charge is 0.479 e. The molecular weight excluding hydrogens is 364 g/mol. The number of fused-ring (bicyclic) bond motifs is 1. The number of para-hydroxylation sites is 2. The van der Waals surface area contributed by atoms with Crippen LogP contribution in [0.4, 0.5) is 5.69 Å². The van der Waals surface area contributed by atoms with Gasteiger partial charge in [0.15, 0.2) is 6.10 Å². The first kappa shape index (κ1) is 19.5. The molecular formula is C24H28N2O3. The maximum absolute atomic E-state index is 13.1. The molecule has 29 heavy (non-hydrogen) atoms. The Labute approximate surface area is 172 Å². The zero-order chi connectivity index (χ0) is 20.5. The molecule has 1 saturated heterocycles. The molecule has 2 heterocycles. The number of hydrogen-bond donors (Lipinski definition) is 0. The normalized spacial score (nSPS) is 21.1. The number of benzene rings is 2. The molecule has 0 aliphatic carbocycles. The summed E-state index contributed by atoms with van der Waals surface area (Å²) >= 11 is 0. The first-order chi connectivity index (χ1) is 13.9. The van der Waals surface area contributed by atoms with Gasteiger partial charge in [-0.2, -0.15) is 0 Å².